The summed E-state index contributed by atoms with van der Waals surface area (Å²) in [6.45, 7) is 1.25. The van der Waals surface area contributed by atoms with Gasteiger partial charge in [-0.1, -0.05) is 34.8 Å². The van der Waals surface area contributed by atoms with Crippen molar-refractivity contribution in [3.63, 3.8) is 0 Å². The van der Waals surface area contributed by atoms with Gasteiger partial charge in [-0.05, 0) is 48.6 Å². The summed E-state index contributed by atoms with van der Waals surface area (Å²) in [4.78, 5) is 23.5. The zero-order valence-corrected chi connectivity index (χ0v) is 15.7. The lowest BCUT2D eigenvalue weighted by Gasteiger charge is -2.09. The van der Waals surface area contributed by atoms with Crippen LogP contribution in [0.15, 0.2) is 48.0 Å². The lowest BCUT2D eigenvalue weighted by Crippen LogP contribution is -2.04. The van der Waals surface area contributed by atoms with E-state index in [2.05, 4.69) is 0 Å². The van der Waals surface area contributed by atoms with Crippen molar-refractivity contribution in [3.05, 3.63) is 74.2 Å². The van der Waals surface area contributed by atoms with Gasteiger partial charge in [0.2, 0.25) is 0 Å². The van der Waals surface area contributed by atoms with E-state index in [-0.39, 0.29) is 16.3 Å². The molecule has 0 unspecified atom stereocenters. The van der Waals surface area contributed by atoms with Crippen LogP contribution < -0.4 is 4.74 Å². The first kappa shape index (κ1) is 18.5. The Morgan fingerprint density at radius 3 is 2.42 bits per heavy atom. The van der Waals surface area contributed by atoms with Crippen molar-refractivity contribution in [2.24, 2.45) is 0 Å². The van der Waals surface area contributed by atoms with Gasteiger partial charge in [-0.2, -0.15) is 0 Å². The molecule has 0 bridgehead atoms. The minimum absolute atomic E-state index is 0.122. The maximum Gasteiger partial charge on any atom is 0.343 e. The summed E-state index contributed by atoms with van der Waals surface area (Å²) in [7, 11) is 0. The van der Waals surface area contributed by atoms with Crippen molar-refractivity contribution in [3.8, 4) is 5.75 Å². The Bertz CT molecular complexity index is 959. The first-order chi connectivity index (χ1) is 12.3. The fraction of sp³-hybridized carbons (Fsp3) is 0.0526. The van der Waals surface area contributed by atoms with Gasteiger partial charge in [-0.25, -0.2) is 4.79 Å². The van der Waals surface area contributed by atoms with E-state index >= 15 is 0 Å². The van der Waals surface area contributed by atoms with Crippen LogP contribution in [0, 0.1) is 0 Å². The fourth-order valence-electron chi connectivity index (χ4n) is 2.35. The summed E-state index contributed by atoms with van der Waals surface area (Å²) in [5, 5.41) is 1.08. The number of carbonyl (C=O) groups is 2. The predicted octanol–water partition coefficient (Wildman–Crippen LogP) is 5.55. The average molecular weight is 410 g/mol. The van der Waals surface area contributed by atoms with Crippen molar-refractivity contribution in [2.45, 2.75) is 6.92 Å². The van der Waals surface area contributed by atoms with Crippen LogP contribution in [0.25, 0.3) is 11.8 Å². The number of carbonyl (C=O) groups excluding carboxylic acids is 2. The molecule has 0 spiro atoms. The molecule has 0 N–H and O–H groups in total. The molecule has 7 heteroatoms. The summed E-state index contributed by atoms with van der Waals surface area (Å²) in [5.41, 5.74) is 1.36. The van der Waals surface area contributed by atoms with Crippen LogP contribution in [0.4, 0.5) is 0 Å². The highest BCUT2D eigenvalue weighted by Crippen LogP contribution is 2.36. The van der Waals surface area contributed by atoms with Crippen molar-refractivity contribution >= 4 is 58.6 Å². The number of halogens is 3. The minimum atomic E-state index is -0.542. The highest BCUT2D eigenvalue weighted by Gasteiger charge is 2.23. The van der Waals surface area contributed by atoms with Gasteiger partial charge < -0.3 is 9.47 Å². The number of hydrogen-bond donors (Lipinski definition) is 0. The third-order valence-electron chi connectivity index (χ3n) is 3.45. The molecule has 2 aromatic carbocycles. The summed E-state index contributed by atoms with van der Waals surface area (Å²) in [6.07, 6.45) is 3.08. The molecule has 0 amide bonds. The molecule has 1 heterocycles. The second-order valence-electron chi connectivity index (χ2n) is 5.40. The Morgan fingerprint density at radius 1 is 1.08 bits per heavy atom. The number of hydrogen-bond acceptors (Lipinski definition) is 4. The van der Waals surface area contributed by atoms with Gasteiger partial charge in [0, 0.05) is 28.1 Å². The molecule has 0 saturated carbocycles. The Morgan fingerprint density at radius 2 is 1.77 bits per heavy atom. The first-order valence-electron chi connectivity index (χ1n) is 7.42. The van der Waals surface area contributed by atoms with E-state index in [1.54, 1.807) is 36.4 Å². The number of ether oxygens (including phenoxy) is 2. The van der Waals surface area contributed by atoms with E-state index in [4.69, 9.17) is 44.3 Å². The quantitative estimate of drug-likeness (QED) is 0.379. The maximum atomic E-state index is 12.2. The van der Waals surface area contributed by atoms with Gasteiger partial charge in [0.15, 0.2) is 5.75 Å². The van der Waals surface area contributed by atoms with Crippen LogP contribution in [-0.4, -0.2) is 11.9 Å². The van der Waals surface area contributed by atoms with E-state index in [9.17, 15) is 9.59 Å². The van der Waals surface area contributed by atoms with Crippen LogP contribution in [-0.2, 0) is 14.3 Å². The summed E-state index contributed by atoms with van der Waals surface area (Å²) in [5.74, 6) is -0.572. The Balaban J connectivity index is 2.03. The van der Waals surface area contributed by atoms with Gasteiger partial charge >= 0.3 is 11.9 Å². The van der Waals surface area contributed by atoms with Gasteiger partial charge in [0.25, 0.3) is 0 Å². The number of esters is 2. The van der Waals surface area contributed by atoms with E-state index in [0.29, 0.717) is 26.9 Å². The standard InChI is InChI=1S/C19H11Cl3O4/c1-10(23)25-18-12(7-15(21)9-16(18)22)6-13-8-17(26-19(13)24)11-2-4-14(20)5-3-11/h2-9H,1H3/b13-6+. The fourth-order valence-corrected chi connectivity index (χ4v) is 3.03. The molecule has 0 aliphatic carbocycles. The SMILES string of the molecule is CC(=O)Oc1c(Cl)cc(Cl)cc1/C=C1\C=C(c2ccc(Cl)cc2)OC1=O. The van der Waals surface area contributed by atoms with Gasteiger partial charge in [-0.15, -0.1) is 0 Å². The predicted molar refractivity (Wildman–Crippen MR) is 101 cm³/mol. The molecule has 0 radical (unpaired) electrons. The maximum absolute atomic E-state index is 12.2. The topological polar surface area (TPSA) is 52.6 Å². The molecule has 3 rings (SSSR count). The monoisotopic (exact) mass is 408 g/mol. The third-order valence-corrected chi connectivity index (χ3v) is 4.20. The molecule has 26 heavy (non-hydrogen) atoms. The van der Waals surface area contributed by atoms with Gasteiger partial charge in [0.1, 0.15) is 5.76 Å². The number of benzene rings is 2. The van der Waals surface area contributed by atoms with Crippen LogP contribution in [0.3, 0.4) is 0 Å². The molecule has 0 aromatic heterocycles. The summed E-state index contributed by atoms with van der Waals surface area (Å²) >= 11 is 18.0. The largest absolute Gasteiger partial charge is 0.424 e. The highest BCUT2D eigenvalue weighted by atomic mass is 35.5. The second kappa shape index (κ2) is 7.54. The Hall–Kier alpha value is -2.27. The van der Waals surface area contributed by atoms with Crippen LogP contribution in [0.2, 0.25) is 15.1 Å². The van der Waals surface area contributed by atoms with Crippen LogP contribution in [0.1, 0.15) is 18.1 Å². The van der Waals surface area contributed by atoms with E-state index < -0.39 is 11.9 Å². The molecule has 4 nitrogen and oxygen atoms in total. The normalized spacial score (nSPS) is 15.0. The number of rotatable bonds is 3. The molecular formula is C19H11Cl3O4. The lowest BCUT2D eigenvalue weighted by molar-refractivity contribution is -0.132. The van der Waals surface area contributed by atoms with Crippen LogP contribution in [0.5, 0.6) is 5.75 Å². The zero-order valence-electron chi connectivity index (χ0n) is 13.4. The highest BCUT2D eigenvalue weighted by molar-refractivity contribution is 6.36. The average Bonchev–Trinajstić information content (AvgIpc) is 2.92. The first-order valence-corrected chi connectivity index (χ1v) is 8.56. The molecule has 0 atom stereocenters. The van der Waals surface area contributed by atoms with Crippen molar-refractivity contribution in [1.82, 2.24) is 0 Å². The molecule has 1 aliphatic rings. The molecule has 132 valence electrons. The summed E-state index contributed by atoms with van der Waals surface area (Å²) < 4.78 is 10.4. The Kier molecular flexibility index (Phi) is 5.37. The van der Waals surface area contributed by atoms with Crippen molar-refractivity contribution < 1.29 is 19.1 Å². The van der Waals surface area contributed by atoms with Crippen LogP contribution >= 0.6 is 34.8 Å². The number of cyclic esters (lactones) is 1. The molecule has 0 saturated heterocycles. The van der Waals surface area contributed by atoms with Gasteiger partial charge in [-0.3, -0.25) is 4.79 Å². The third kappa shape index (κ3) is 4.10. The van der Waals surface area contributed by atoms with E-state index in [1.807, 2.05) is 0 Å². The lowest BCUT2D eigenvalue weighted by atomic mass is 10.1. The van der Waals surface area contributed by atoms with Gasteiger partial charge in [0.05, 0.1) is 10.6 Å². The van der Waals surface area contributed by atoms with E-state index in [0.717, 1.165) is 0 Å². The molecule has 0 fully saturated rings. The van der Waals surface area contributed by atoms with Crippen molar-refractivity contribution in [2.75, 3.05) is 0 Å². The second-order valence-corrected chi connectivity index (χ2v) is 6.68. The summed E-state index contributed by atoms with van der Waals surface area (Å²) in [6, 6.07) is 9.87. The molecule has 2 aromatic rings. The Labute approximate surface area is 164 Å². The minimum Gasteiger partial charge on any atom is -0.424 e. The molecule has 1 aliphatic heterocycles. The molecular weight excluding hydrogens is 399 g/mol. The van der Waals surface area contributed by atoms with Crippen molar-refractivity contribution in [1.29, 1.82) is 0 Å². The smallest absolute Gasteiger partial charge is 0.343 e. The van der Waals surface area contributed by atoms with E-state index in [1.165, 1.54) is 19.1 Å². The zero-order chi connectivity index (χ0) is 18.8.